The number of fused-ring (bicyclic) bond motifs is 3. The van der Waals surface area contributed by atoms with Crippen molar-refractivity contribution in [2.45, 2.75) is 57.8 Å². The van der Waals surface area contributed by atoms with E-state index >= 15 is 0 Å². The van der Waals surface area contributed by atoms with Crippen molar-refractivity contribution in [1.82, 2.24) is 0 Å². The number of rotatable bonds is 1. The van der Waals surface area contributed by atoms with Crippen molar-refractivity contribution in [1.29, 1.82) is 0 Å². The Morgan fingerprint density at radius 2 is 1.81 bits per heavy atom. The van der Waals surface area contributed by atoms with Gasteiger partial charge in [-0.05, 0) is 115 Å². The van der Waals surface area contributed by atoms with Crippen LogP contribution in [0.3, 0.4) is 0 Å². The van der Waals surface area contributed by atoms with Gasteiger partial charge < -0.3 is 0 Å². The summed E-state index contributed by atoms with van der Waals surface area (Å²) in [5.74, 6) is 0.765. The summed E-state index contributed by atoms with van der Waals surface area (Å²) >= 11 is 0. The Morgan fingerprint density at radius 3 is 2.66 bits per heavy atom. The number of aromatic nitrogens is 1. The van der Waals surface area contributed by atoms with Crippen molar-refractivity contribution in [2.75, 3.05) is 6.66 Å². The van der Waals surface area contributed by atoms with Crippen molar-refractivity contribution in [2.24, 2.45) is 7.05 Å². The largest absolute Gasteiger partial charge is 0.221 e. The van der Waals surface area contributed by atoms with Crippen molar-refractivity contribution in [3.63, 3.8) is 0 Å². The molecule has 2 aliphatic carbocycles. The Balaban J connectivity index is 1.63. The zero-order chi connectivity index (χ0) is 21.6. The number of hydrogen-bond acceptors (Lipinski definition) is 0. The van der Waals surface area contributed by atoms with Crippen LogP contribution in [-0.2, 0) is 19.9 Å². The van der Waals surface area contributed by atoms with E-state index in [4.69, 9.17) is 0 Å². The number of hydrogen-bond donors (Lipinski definition) is 0. The summed E-state index contributed by atoms with van der Waals surface area (Å²) in [6, 6.07) is 14.6. The van der Waals surface area contributed by atoms with E-state index in [0.29, 0.717) is 0 Å². The summed E-state index contributed by atoms with van der Waals surface area (Å²) in [4.78, 5) is 0. The predicted octanol–water partition coefficient (Wildman–Crippen LogP) is 6.32. The smallest absolute Gasteiger partial charge is 0.200 e. The summed E-state index contributed by atoms with van der Waals surface area (Å²) < 4.78 is 2.40. The second-order valence-corrected chi connectivity index (χ2v) is 12.4. The monoisotopic (exact) mass is 436 g/mol. The first-order valence-electron chi connectivity index (χ1n) is 12.4. The van der Waals surface area contributed by atoms with Crippen molar-refractivity contribution >= 4 is 40.1 Å². The van der Waals surface area contributed by atoms with Gasteiger partial charge in [0.2, 0.25) is 5.69 Å². The van der Waals surface area contributed by atoms with Gasteiger partial charge in [0, 0.05) is 6.07 Å². The lowest BCUT2D eigenvalue weighted by Gasteiger charge is -2.32. The number of pyridine rings is 1. The lowest BCUT2D eigenvalue weighted by molar-refractivity contribution is -0.659. The van der Waals surface area contributed by atoms with Gasteiger partial charge in [-0.2, -0.15) is 0 Å². The maximum Gasteiger partial charge on any atom is 0.221 e. The number of aryl methyl sites for hydroxylation is 4. The summed E-state index contributed by atoms with van der Waals surface area (Å²) in [6.45, 7) is 4.94. The van der Waals surface area contributed by atoms with Crippen molar-refractivity contribution in [3.8, 4) is 11.3 Å². The summed E-state index contributed by atoms with van der Waals surface area (Å²) in [7, 11) is 1.89. The molecular weight excluding hydrogens is 405 g/mol. The topological polar surface area (TPSA) is 3.88 Å². The van der Waals surface area contributed by atoms with E-state index in [1.165, 1.54) is 72.4 Å². The molecular formula is C30H31NP+. The van der Waals surface area contributed by atoms with E-state index in [1.54, 1.807) is 38.2 Å². The predicted molar refractivity (Wildman–Crippen MR) is 138 cm³/mol. The lowest BCUT2D eigenvalue weighted by atomic mass is 9.83. The highest BCUT2D eigenvalue weighted by molar-refractivity contribution is 7.73. The minimum absolute atomic E-state index is 0.364. The molecule has 1 saturated carbocycles. The first kappa shape index (κ1) is 19.2. The second-order valence-electron chi connectivity index (χ2n) is 10.3. The van der Waals surface area contributed by atoms with Crippen LogP contribution in [0.15, 0.2) is 42.6 Å². The molecule has 0 amide bonds. The van der Waals surface area contributed by atoms with Crippen LogP contribution in [-0.4, -0.2) is 6.66 Å². The molecule has 7 rings (SSSR count). The van der Waals surface area contributed by atoms with Gasteiger partial charge in [0.1, 0.15) is 7.05 Å². The fourth-order valence-electron chi connectivity index (χ4n) is 7.10. The molecule has 160 valence electrons. The summed E-state index contributed by atoms with van der Waals surface area (Å²) in [6.07, 6.45) is 11.6. The van der Waals surface area contributed by atoms with Crippen molar-refractivity contribution < 1.29 is 4.57 Å². The number of nitrogens with zero attached hydrogens (tertiary/aromatic N) is 1. The van der Waals surface area contributed by atoms with E-state index in [1.807, 2.05) is 0 Å². The quantitative estimate of drug-likeness (QED) is 0.243. The maximum absolute atomic E-state index is 2.64. The molecule has 1 fully saturated rings. The van der Waals surface area contributed by atoms with Crippen LogP contribution in [0.5, 0.6) is 0 Å². The first-order valence-corrected chi connectivity index (χ1v) is 14.2. The van der Waals surface area contributed by atoms with Gasteiger partial charge in [-0.15, -0.1) is 0 Å². The molecule has 1 unspecified atom stereocenters. The van der Waals surface area contributed by atoms with Gasteiger partial charge in [0.05, 0.1) is 10.9 Å². The standard InChI is InChI=1S/C30H31NP/c1-18-23-12-6-10-20-11-7-13-24(27(20)23)30-26(18)29-28-21(14-15-31(29)2)16-22(17-25(28)32(30)3)19-8-4-5-9-19/h6,10,12,14-17,19H,4-5,7-9,11,13H2,1-3H3/q+1. The molecule has 1 aliphatic heterocycles. The maximum atomic E-state index is 2.64. The van der Waals surface area contributed by atoms with Crippen molar-refractivity contribution in [3.05, 3.63) is 64.8 Å². The van der Waals surface area contributed by atoms with E-state index in [-0.39, 0.29) is 7.92 Å². The Bertz CT molecular complexity index is 1440. The molecule has 1 nitrogen and oxygen atoms in total. The highest BCUT2D eigenvalue weighted by Gasteiger charge is 2.36. The van der Waals surface area contributed by atoms with E-state index < -0.39 is 0 Å². The van der Waals surface area contributed by atoms with E-state index in [0.717, 1.165) is 5.92 Å². The van der Waals surface area contributed by atoms with Crippen LogP contribution in [0.4, 0.5) is 0 Å². The molecule has 2 heteroatoms. The highest BCUT2D eigenvalue weighted by atomic mass is 31.1. The minimum Gasteiger partial charge on any atom is -0.200 e. The van der Waals surface area contributed by atoms with Gasteiger partial charge in [-0.25, -0.2) is 4.57 Å². The Hall–Kier alpha value is -2.24. The zero-order valence-electron chi connectivity index (χ0n) is 19.5. The van der Waals surface area contributed by atoms with Crippen LogP contribution < -0.4 is 15.2 Å². The second kappa shape index (κ2) is 6.88. The third-order valence-electron chi connectivity index (χ3n) is 8.62. The summed E-state index contributed by atoms with van der Waals surface area (Å²) in [5, 5.41) is 9.39. The average molecular weight is 437 g/mol. The van der Waals surface area contributed by atoms with Gasteiger partial charge in [-0.1, -0.05) is 37.1 Å². The van der Waals surface area contributed by atoms with Gasteiger partial charge in [0.25, 0.3) is 0 Å². The van der Waals surface area contributed by atoms with Gasteiger partial charge in [-0.3, -0.25) is 0 Å². The molecule has 32 heavy (non-hydrogen) atoms. The normalized spacial score (nSPS) is 19.7. The van der Waals surface area contributed by atoms with Crippen LogP contribution in [0.1, 0.15) is 60.3 Å². The molecule has 4 aromatic rings. The molecule has 3 aliphatic rings. The minimum atomic E-state index is -0.364. The van der Waals surface area contributed by atoms with Gasteiger partial charge >= 0.3 is 0 Å². The molecule has 0 radical (unpaired) electrons. The third-order valence-corrected chi connectivity index (χ3v) is 10.9. The SMILES string of the molecule is Cc1c2c(c3c4c(cccc14)CCC3)P(C)c1cc(C3CCCC3)cc3cc[n+](C)c-2c13. The van der Waals surface area contributed by atoms with E-state index in [2.05, 4.69) is 67.8 Å². The fourth-order valence-corrected chi connectivity index (χ4v) is 9.49. The van der Waals surface area contributed by atoms with Crippen LogP contribution in [0.25, 0.3) is 32.8 Å². The zero-order valence-corrected chi connectivity index (χ0v) is 20.4. The first-order chi connectivity index (χ1) is 15.6. The highest BCUT2D eigenvalue weighted by Crippen LogP contribution is 2.49. The van der Waals surface area contributed by atoms with Crippen LogP contribution in [0.2, 0.25) is 0 Å². The van der Waals surface area contributed by atoms with E-state index in [9.17, 15) is 0 Å². The average Bonchev–Trinajstić information content (AvgIpc) is 3.35. The molecule has 1 aromatic heterocycles. The summed E-state index contributed by atoms with van der Waals surface area (Å²) in [5.41, 5.74) is 9.35. The number of benzene rings is 3. The molecule has 2 heterocycles. The molecule has 0 N–H and O–H groups in total. The molecule has 0 spiro atoms. The molecule has 0 bridgehead atoms. The Morgan fingerprint density at radius 1 is 0.969 bits per heavy atom. The fraction of sp³-hybridized carbons (Fsp3) is 0.367. The molecule has 1 atom stereocenters. The molecule has 3 aromatic carbocycles. The molecule has 0 saturated heterocycles. The third kappa shape index (κ3) is 2.47. The van der Waals surface area contributed by atoms with Gasteiger partial charge in [0.15, 0.2) is 6.20 Å². The Labute approximate surface area is 192 Å². The van der Waals surface area contributed by atoms with Crippen LogP contribution >= 0.6 is 7.92 Å². The lowest BCUT2D eigenvalue weighted by Crippen LogP contribution is -2.37. The van der Waals surface area contributed by atoms with Crippen LogP contribution in [0, 0.1) is 6.92 Å². The Kier molecular flexibility index (Phi) is 4.14.